The van der Waals surface area contributed by atoms with Gasteiger partial charge in [0.15, 0.2) is 6.29 Å². The fourth-order valence-corrected chi connectivity index (χ4v) is 3.64. The second-order valence-corrected chi connectivity index (χ2v) is 7.97. The predicted molar refractivity (Wildman–Crippen MR) is 115 cm³/mol. The van der Waals surface area contributed by atoms with Crippen molar-refractivity contribution >= 4 is 17.5 Å². The van der Waals surface area contributed by atoms with Crippen LogP contribution in [0, 0.1) is 0 Å². The van der Waals surface area contributed by atoms with Crippen molar-refractivity contribution < 1.29 is 28.9 Å². The van der Waals surface area contributed by atoms with Crippen molar-refractivity contribution in [1.29, 1.82) is 0 Å². The van der Waals surface area contributed by atoms with E-state index in [2.05, 4.69) is 46.8 Å². The van der Waals surface area contributed by atoms with E-state index in [4.69, 9.17) is 9.47 Å². The van der Waals surface area contributed by atoms with Crippen LogP contribution in [0.3, 0.4) is 0 Å². The van der Waals surface area contributed by atoms with E-state index >= 15 is 0 Å². The summed E-state index contributed by atoms with van der Waals surface area (Å²) in [6, 6.07) is 8.51. The minimum Gasteiger partial charge on any atom is -0.378 e. The maximum absolute atomic E-state index is 12.3. The normalized spacial score (nSPS) is 19.9. The first-order valence-electron chi connectivity index (χ1n) is 10.4. The molecule has 0 saturated carbocycles. The van der Waals surface area contributed by atoms with Gasteiger partial charge in [-0.1, -0.05) is 12.1 Å². The van der Waals surface area contributed by atoms with Gasteiger partial charge < -0.3 is 34.8 Å². The molecule has 1 aromatic carbocycles. The Morgan fingerprint density at radius 3 is 2.00 bits per heavy atom. The lowest BCUT2D eigenvalue weighted by atomic mass is 10.0. The molecule has 0 unspecified atom stereocenters. The largest absolute Gasteiger partial charge is 0.378 e. The number of carbonyl (C=O) groups excluding carboxylic acids is 2. The molecule has 30 heavy (non-hydrogen) atoms. The van der Waals surface area contributed by atoms with Crippen molar-refractivity contribution in [3.63, 3.8) is 0 Å². The van der Waals surface area contributed by atoms with Gasteiger partial charge in [0.25, 0.3) is 0 Å². The van der Waals surface area contributed by atoms with Gasteiger partial charge in [-0.2, -0.15) is 0 Å². The Bertz CT molecular complexity index is 670. The van der Waals surface area contributed by atoms with E-state index in [1.807, 2.05) is 14.1 Å². The molecule has 0 aliphatic carbocycles. The van der Waals surface area contributed by atoms with Gasteiger partial charge in [-0.15, -0.1) is 0 Å². The number of amides is 2. The summed E-state index contributed by atoms with van der Waals surface area (Å²) in [5.41, 5.74) is 2.29. The average Bonchev–Trinajstić information content (AvgIpc) is 2.75. The zero-order chi connectivity index (χ0) is 22.1. The van der Waals surface area contributed by atoms with Crippen LogP contribution in [-0.4, -0.2) is 92.7 Å². The lowest BCUT2D eigenvalue weighted by molar-refractivity contribution is -1.02. The Hall–Kier alpha value is -2.20. The molecule has 0 bridgehead atoms. The molecule has 9 heteroatoms. The van der Waals surface area contributed by atoms with Gasteiger partial charge in [0.1, 0.15) is 32.2 Å². The molecule has 4 N–H and O–H groups in total. The fourth-order valence-electron chi connectivity index (χ4n) is 3.64. The zero-order valence-electron chi connectivity index (χ0n) is 18.8. The smallest absolute Gasteiger partial charge is 0.309 e. The molecule has 2 rings (SSSR count). The number of ether oxygens (including phenoxy) is 2. The fraction of sp³-hybridized carbons (Fsp3) is 0.619. The van der Waals surface area contributed by atoms with Crippen LogP contribution in [0.2, 0.25) is 0 Å². The topological polar surface area (TPSA) is 88.8 Å². The van der Waals surface area contributed by atoms with Gasteiger partial charge in [0.05, 0.1) is 20.1 Å². The van der Waals surface area contributed by atoms with Crippen molar-refractivity contribution in [3.05, 3.63) is 29.8 Å². The standard InChI is InChI=1S/C21H35N5O4/c1-24(2)17-8-6-16(7-9-17)18(26-12-10-25(3)11-13-26)14-22-20(27)21(28)23-15-19(29-4)30-5/h6-9,18-19H,10-15H2,1-5H3,(H,22,27)(H,23,28)/p+2/t18-/m1/s1. The number of likely N-dealkylation sites (N-methyl/N-ethyl adjacent to an activating group) is 1. The highest BCUT2D eigenvalue weighted by Crippen LogP contribution is 2.16. The highest BCUT2D eigenvalue weighted by molar-refractivity contribution is 6.35. The molecule has 1 heterocycles. The van der Waals surface area contributed by atoms with E-state index in [0.29, 0.717) is 6.54 Å². The van der Waals surface area contributed by atoms with Gasteiger partial charge in [0, 0.05) is 39.6 Å². The Morgan fingerprint density at radius 2 is 1.50 bits per heavy atom. The van der Waals surface area contributed by atoms with Gasteiger partial charge in [-0.3, -0.25) is 9.59 Å². The summed E-state index contributed by atoms with van der Waals surface area (Å²) in [6.07, 6.45) is -0.581. The van der Waals surface area contributed by atoms with Crippen LogP contribution < -0.4 is 25.3 Å². The van der Waals surface area contributed by atoms with Crippen LogP contribution >= 0.6 is 0 Å². The number of hydrogen-bond donors (Lipinski definition) is 4. The summed E-state index contributed by atoms with van der Waals surface area (Å²) < 4.78 is 10.0. The lowest BCUT2D eigenvalue weighted by Gasteiger charge is -2.33. The number of rotatable bonds is 9. The van der Waals surface area contributed by atoms with E-state index in [1.54, 1.807) is 0 Å². The molecule has 0 radical (unpaired) electrons. The Balaban J connectivity index is 2.02. The summed E-state index contributed by atoms with van der Waals surface area (Å²) in [7, 11) is 9.19. The molecule has 9 nitrogen and oxygen atoms in total. The van der Waals surface area contributed by atoms with Crippen LogP contribution in [-0.2, 0) is 19.1 Å². The zero-order valence-corrected chi connectivity index (χ0v) is 18.8. The molecule has 1 aliphatic rings. The molecular formula is C21H37N5O4+2. The first-order valence-corrected chi connectivity index (χ1v) is 10.4. The SMILES string of the molecule is COC(CNC(=O)C(=O)NC[C@H](c1ccc(N(C)C)cc1)[NH+]1CC[NH+](C)CC1)OC. The summed E-state index contributed by atoms with van der Waals surface area (Å²) in [6.45, 7) is 4.74. The summed E-state index contributed by atoms with van der Waals surface area (Å²) in [5, 5.41) is 5.35. The van der Waals surface area contributed by atoms with Crippen molar-refractivity contribution in [3.8, 4) is 0 Å². The van der Waals surface area contributed by atoms with Gasteiger partial charge >= 0.3 is 11.8 Å². The molecule has 1 atom stereocenters. The van der Waals surface area contributed by atoms with E-state index in [0.717, 1.165) is 37.4 Å². The minimum atomic E-state index is -0.686. The summed E-state index contributed by atoms with van der Waals surface area (Å²) in [5.74, 6) is -1.33. The molecule has 1 aliphatic heterocycles. The third-order valence-electron chi connectivity index (χ3n) is 5.68. The summed E-state index contributed by atoms with van der Waals surface area (Å²) >= 11 is 0. The van der Waals surface area contributed by atoms with Crippen LogP contribution in [0.1, 0.15) is 11.6 Å². The number of methoxy groups -OCH3 is 2. The van der Waals surface area contributed by atoms with E-state index < -0.39 is 18.1 Å². The van der Waals surface area contributed by atoms with Crippen LogP contribution in [0.15, 0.2) is 24.3 Å². The third-order valence-corrected chi connectivity index (χ3v) is 5.68. The Morgan fingerprint density at radius 1 is 0.967 bits per heavy atom. The molecule has 168 valence electrons. The summed E-state index contributed by atoms with van der Waals surface area (Å²) in [4.78, 5) is 29.4. The highest BCUT2D eigenvalue weighted by atomic mass is 16.7. The number of nitrogens with one attached hydrogen (secondary N) is 4. The van der Waals surface area contributed by atoms with Crippen LogP contribution in [0.5, 0.6) is 0 Å². The maximum Gasteiger partial charge on any atom is 0.309 e. The van der Waals surface area contributed by atoms with E-state index in [9.17, 15) is 9.59 Å². The average molecular weight is 424 g/mol. The lowest BCUT2D eigenvalue weighted by Crippen LogP contribution is -3.27. The number of nitrogens with zero attached hydrogens (tertiary/aromatic N) is 1. The second kappa shape index (κ2) is 11.8. The first-order chi connectivity index (χ1) is 14.3. The Labute approximate surface area is 179 Å². The maximum atomic E-state index is 12.3. The predicted octanol–water partition coefficient (Wildman–Crippen LogP) is -2.94. The van der Waals surface area contributed by atoms with Crippen molar-refractivity contribution in [2.45, 2.75) is 12.3 Å². The molecule has 0 aromatic heterocycles. The molecular weight excluding hydrogens is 386 g/mol. The van der Waals surface area contributed by atoms with E-state index in [1.165, 1.54) is 24.0 Å². The molecule has 1 fully saturated rings. The molecule has 1 aromatic rings. The minimum absolute atomic E-state index is 0.0942. The monoisotopic (exact) mass is 423 g/mol. The number of quaternary nitrogens is 2. The van der Waals surface area contributed by atoms with Crippen LogP contribution in [0.4, 0.5) is 5.69 Å². The number of benzene rings is 1. The van der Waals surface area contributed by atoms with Crippen molar-refractivity contribution in [2.24, 2.45) is 0 Å². The number of piperazine rings is 1. The van der Waals surface area contributed by atoms with Gasteiger partial charge in [-0.25, -0.2) is 0 Å². The number of hydrogen-bond acceptors (Lipinski definition) is 5. The first kappa shape index (κ1) is 24.1. The van der Waals surface area contributed by atoms with E-state index in [-0.39, 0.29) is 12.6 Å². The van der Waals surface area contributed by atoms with Gasteiger partial charge in [-0.05, 0) is 12.1 Å². The Kier molecular flexibility index (Phi) is 9.51. The molecule has 2 amide bonds. The van der Waals surface area contributed by atoms with Crippen LogP contribution in [0.25, 0.3) is 0 Å². The van der Waals surface area contributed by atoms with Gasteiger partial charge in [0.2, 0.25) is 0 Å². The number of anilines is 1. The number of carbonyl (C=O) groups is 2. The third kappa shape index (κ3) is 6.94. The van der Waals surface area contributed by atoms with Crippen molar-refractivity contribution in [2.75, 3.05) is 79.5 Å². The highest BCUT2D eigenvalue weighted by Gasteiger charge is 2.30. The quantitative estimate of drug-likeness (QED) is 0.252. The molecule has 1 saturated heterocycles. The van der Waals surface area contributed by atoms with Crippen molar-refractivity contribution in [1.82, 2.24) is 10.6 Å². The second-order valence-electron chi connectivity index (χ2n) is 7.97. The molecule has 0 spiro atoms.